The smallest absolute Gasteiger partial charge is 0.387 e. The number of anilines is 1. The van der Waals surface area contributed by atoms with Crippen LogP contribution >= 0.6 is 23.8 Å². The molecule has 12 N–H and O–H groups in total. The Bertz CT molecular complexity index is 1750. The van der Waals surface area contributed by atoms with Gasteiger partial charge in [0.05, 0.1) is 19.5 Å². The molecule has 2 aliphatic heterocycles. The fourth-order valence-corrected chi connectivity index (χ4v) is 7.48. The van der Waals surface area contributed by atoms with Crippen LogP contribution in [0.15, 0.2) is 37.2 Å². The maximum absolute atomic E-state index is 12.6. The lowest BCUT2D eigenvalue weighted by atomic mass is 10.1. The maximum atomic E-state index is 12.6. The highest BCUT2D eigenvalue weighted by Gasteiger charge is 2.54. The summed E-state index contributed by atoms with van der Waals surface area (Å²) >= 11 is 0. The summed E-state index contributed by atoms with van der Waals surface area (Å²) in [6, 6.07) is 2.80. The van der Waals surface area contributed by atoms with Gasteiger partial charge in [-0.3, -0.25) is 18.4 Å². The van der Waals surface area contributed by atoms with Gasteiger partial charge in [-0.2, -0.15) is 23.6 Å². The minimum absolute atomic E-state index is 0.0233. The number of fused-ring (bicyclic) bond motifs is 1. The molecule has 2 saturated heterocycles. The molecule has 10 unspecified atom stereocenters. The Morgan fingerprint density at radius 3 is 2.27 bits per heavy atom. The normalized spacial score (nSPS) is 30.3. The molecule has 2 aliphatic rings. The number of nitrogen functional groups attached to an aromatic ring is 1. The van der Waals surface area contributed by atoms with Crippen LogP contribution in [-0.4, -0.2) is 115 Å². The van der Waals surface area contributed by atoms with Crippen LogP contribution < -0.4 is 16.0 Å². The first-order chi connectivity index (χ1) is 22.4. The molecule has 264 valence electrons. The number of nitrogens with zero attached hydrogens (tertiary/aromatic N) is 5. The topological polar surface area (TPSA) is 368 Å². The predicted octanol–water partition coefficient (Wildman–Crippen LogP) is -3.34. The highest BCUT2D eigenvalue weighted by atomic mass is 31.3. The van der Waals surface area contributed by atoms with E-state index in [-0.39, 0.29) is 22.5 Å². The fourth-order valence-electron chi connectivity index (χ4n) is 4.84. The van der Waals surface area contributed by atoms with Crippen LogP contribution in [0.2, 0.25) is 0 Å². The highest BCUT2D eigenvalue weighted by Crippen LogP contribution is 2.61. The number of nitrogens with two attached hydrogens (primary N) is 2. The van der Waals surface area contributed by atoms with E-state index in [4.69, 9.17) is 30.0 Å². The number of carbonyl (C=O) groups is 1. The van der Waals surface area contributed by atoms with Gasteiger partial charge in [-0.05, 0) is 6.07 Å². The predicted molar refractivity (Wildman–Crippen MR) is 152 cm³/mol. The maximum Gasteiger partial charge on any atom is 0.567 e. The summed E-state index contributed by atoms with van der Waals surface area (Å²) in [5.41, 5.74) is 11.2. The van der Waals surface area contributed by atoms with Crippen molar-refractivity contribution in [3.8, 4) is 0 Å². The second kappa shape index (κ2) is 13.9. The number of aliphatic hydroxyl groups excluding tert-OH is 3. The molecule has 5 rings (SSSR count). The van der Waals surface area contributed by atoms with Gasteiger partial charge in [0.1, 0.15) is 41.8 Å². The van der Waals surface area contributed by atoms with Crippen LogP contribution in [0.4, 0.5) is 5.82 Å². The standard InChI is InChI=1S/C21H28N7O17P3/c22-17-12-19(25-7-24-17)28(8-26-12)21-16(44-46(33,34)35)14(30)11(43-21)6-41-48(38,39)45-47(36,37)40-5-10-13(29)15(31)20(42-10)27-3-1-2-9(4-27)18(23)32/h1-4,7-8,10-11,13-16,20-21,29-31,33-35H,5-6H2,(H4-2,22,23,24,25,32,36,37,38,39)/p+2. The fraction of sp³-hybridized carbons (Fsp3) is 0.476. The van der Waals surface area contributed by atoms with E-state index in [9.17, 15) is 53.7 Å². The average molecular weight is 745 g/mol. The molecule has 0 radical (unpaired) electrons. The summed E-state index contributed by atoms with van der Waals surface area (Å²) in [4.78, 5) is 71.9. The van der Waals surface area contributed by atoms with Crippen LogP contribution in [0.5, 0.6) is 0 Å². The Balaban J connectivity index is 1.21. The molecule has 0 aliphatic carbocycles. The lowest BCUT2D eigenvalue weighted by molar-refractivity contribution is -0.765. The first-order valence-corrected chi connectivity index (χ1v) is 17.9. The van der Waals surface area contributed by atoms with Crippen molar-refractivity contribution in [2.24, 2.45) is 5.73 Å². The minimum atomic E-state index is -5.51. The molecular weight excluding hydrogens is 715 g/mol. The van der Waals surface area contributed by atoms with E-state index < -0.39 is 92.0 Å². The van der Waals surface area contributed by atoms with Crippen molar-refractivity contribution in [3.05, 3.63) is 42.7 Å². The Morgan fingerprint density at radius 1 is 1.00 bits per heavy atom. The number of phosphoric acid groups is 2. The summed E-state index contributed by atoms with van der Waals surface area (Å²) in [6.07, 6.45) is -8.16. The number of hydrogen-bond donors (Lipinski definition) is 10. The van der Waals surface area contributed by atoms with E-state index >= 15 is 0 Å². The number of imidazole rings is 1. The molecule has 48 heavy (non-hydrogen) atoms. The molecule has 2 fully saturated rings. The van der Waals surface area contributed by atoms with E-state index in [2.05, 4.69) is 23.8 Å². The monoisotopic (exact) mass is 745 g/mol. The number of aromatic nitrogens is 5. The van der Waals surface area contributed by atoms with E-state index in [1.807, 2.05) is 0 Å². The molecule has 27 heteroatoms. The number of pyridine rings is 1. The second-order valence-corrected chi connectivity index (χ2v) is 14.6. The third-order valence-electron chi connectivity index (χ3n) is 6.99. The van der Waals surface area contributed by atoms with Gasteiger partial charge in [-0.1, -0.05) is 0 Å². The minimum Gasteiger partial charge on any atom is -0.387 e. The van der Waals surface area contributed by atoms with Crippen LogP contribution in [0.25, 0.3) is 11.2 Å². The van der Waals surface area contributed by atoms with Gasteiger partial charge in [0, 0.05) is 6.07 Å². The van der Waals surface area contributed by atoms with Crippen molar-refractivity contribution in [1.29, 1.82) is 0 Å². The van der Waals surface area contributed by atoms with Gasteiger partial charge in [0.2, 0.25) is 0 Å². The largest absolute Gasteiger partial charge is 0.567 e. The van der Waals surface area contributed by atoms with Gasteiger partial charge < -0.3 is 46.0 Å². The zero-order valence-corrected chi connectivity index (χ0v) is 26.7. The number of rotatable bonds is 13. The van der Waals surface area contributed by atoms with Crippen molar-refractivity contribution in [1.82, 2.24) is 19.5 Å². The third kappa shape index (κ3) is 8.18. The van der Waals surface area contributed by atoms with Crippen molar-refractivity contribution in [2.75, 3.05) is 18.9 Å². The number of hydrogen-bond acceptors (Lipinski definition) is 19. The van der Waals surface area contributed by atoms with E-state index in [0.29, 0.717) is 0 Å². The lowest BCUT2D eigenvalue weighted by Gasteiger charge is -2.20. The van der Waals surface area contributed by atoms with Gasteiger partial charge >= 0.3 is 23.8 Å². The molecule has 5 heterocycles. The third-order valence-corrected chi connectivity index (χ3v) is 10.1. The molecule has 3 aromatic heterocycles. The average Bonchev–Trinajstić information content (AvgIpc) is 3.64. The first-order valence-electron chi connectivity index (χ1n) is 13.4. The Kier molecular flexibility index (Phi) is 10.6. The summed E-state index contributed by atoms with van der Waals surface area (Å²) in [6.45, 7) is -2.01. The molecule has 1 amide bonds. The van der Waals surface area contributed by atoms with Crippen LogP contribution in [0, 0.1) is 0 Å². The number of carbonyl (C=O) groups excluding carboxylic acids is 1. The Morgan fingerprint density at radius 2 is 1.65 bits per heavy atom. The molecule has 0 spiro atoms. The van der Waals surface area contributed by atoms with Crippen molar-refractivity contribution >= 4 is 46.7 Å². The Hall–Kier alpha value is -2.70. The molecule has 10 atom stereocenters. The molecule has 3 aromatic rings. The molecule has 0 saturated carbocycles. The summed E-state index contributed by atoms with van der Waals surface area (Å²) in [5, 5.41) is 31.6. The van der Waals surface area contributed by atoms with Crippen molar-refractivity contribution < 1.29 is 85.6 Å². The second-order valence-electron chi connectivity index (χ2n) is 10.3. The summed E-state index contributed by atoms with van der Waals surface area (Å²) in [5.74, 6) is -0.833. The van der Waals surface area contributed by atoms with Crippen LogP contribution in [-0.2, 0) is 36.5 Å². The zero-order valence-electron chi connectivity index (χ0n) is 24.0. The molecule has 0 aromatic carbocycles. The number of phosphoric ester groups is 2. The van der Waals surface area contributed by atoms with Gasteiger partial charge in [0.25, 0.3) is 12.1 Å². The number of primary amides is 1. The summed E-state index contributed by atoms with van der Waals surface area (Å²) < 4.78 is 57.0. The van der Waals surface area contributed by atoms with E-state index in [1.54, 1.807) is 0 Å². The van der Waals surface area contributed by atoms with E-state index in [1.165, 1.54) is 29.1 Å². The van der Waals surface area contributed by atoms with Gasteiger partial charge in [-0.15, -0.1) is 4.52 Å². The zero-order chi connectivity index (χ0) is 35.2. The number of aliphatic hydroxyl groups is 3. The lowest BCUT2D eigenvalue weighted by Crippen LogP contribution is -2.46. The Labute approximate surface area is 268 Å². The van der Waals surface area contributed by atoms with Crippen molar-refractivity contribution in [2.45, 2.75) is 49.1 Å². The van der Waals surface area contributed by atoms with Crippen molar-refractivity contribution in [3.63, 3.8) is 0 Å². The van der Waals surface area contributed by atoms with Crippen LogP contribution in [0.3, 0.4) is 0 Å². The number of amides is 1. The van der Waals surface area contributed by atoms with Gasteiger partial charge in [0.15, 0.2) is 42.3 Å². The SMILES string of the molecule is NC(=O)c1ccc[n+](C2OC(COP(=O)(O)OP(=O)(O)OCC3OC(n4cnc5c(N)ncnc54)C(O[P+](O)(O)O)C3O)C(O)C2O)c1. The summed E-state index contributed by atoms with van der Waals surface area (Å²) in [7, 11) is -16.0. The number of ether oxygens (including phenoxy) is 2. The molecule has 24 nitrogen and oxygen atoms in total. The van der Waals surface area contributed by atoms with Gasteiger partial charge in [-0.25, -0.2) is 24.1 Å². The first kappa shape index (κ1) is 36.6. The molecular formula is C21H30N7O17P3+2. The highest BCUT2D eigenvalue weighted by molar-refractivity contribution is 7.61. The quantitative estimate of drug-likeness (QED) is 0.0604. The van der Waals surface area contributed by atoms with Crippen LogP contribution in [0.1, 0.15) is 22.8 Å². The molecule has 0 bridgehead atoms. The van der Waals surface area contributed by atoms with E-state index in [0.717, 1.165) is 17.2 Å².